The van der Waals surface area contributed by atoms with Gasteiger partial charge in [-0.1, -0.05) is 22.0 Å². The van der Waals surface area contributed by atoms with Gasteiger partial charge in [-0.2, -0.15) is 0 Å². The third kappa shape index (κ3) is 3.96. The molecule has 0 radical (unpaired) electrons. The first kappa shape index (κ1) is 13.2. The Hall–Kier alpha value is -0.840. The van der Waals surface area contributed by atoms with E-state index in [-0.39, 0.29) is 12.4 Å². The summed E-state index contributed by atoms with van der Waals surface area (Å²) < 4.78 is 0.956. The monoisotopic (exact) mass is 285 g/mol. The Morgan fingerprint density at radius 2 is 2.19 bits per heavy atom. The van der Waals surface area contributed by atoms with Gasteiger partial charge in [-0.25, -0.2) is 0 Å². The van der Waals surface area contributed by atoms with E-state index in [1.165, 1.54) is 0 Å². The molecule has 0 amide bonds. The molecule has 0 heterocycles. The molecule has 0 aliphatic rings. The van der Waals surface area contributed by atoms with Gasteiger partial charge in [0.1, 0.15) is 5.75 Å². The molecule has 4 heteroatoms. The van der Waals surface area contributed by atoms with Gasteiger partial charge in [0.15, 0.2) is 0 Å². The number of aliphatic hydroxyl groups is 1. The molecule has 1 aromatic carbocycles. The van der Waals surface area contributed by atoms with E-state index in [1.54, 1.807) is 18.2 Å². The molecule has 0 atom stereocenters. The van der Waals surface area contributed by atoms with Crippen molar-refractivity contribution < 1.29 is 10.2 Å². The molecule has 0 aromatic heterocycles. The summed E-state index contributed by atoms with van der Waals surface area (Å²) in [4.78, 5) is 2.05. The molecule has 1 rings (SSSR count). The molecule has 16 heavy (non-hydrogen) atoms. The highest BCUT2D eigenvalue weighted by molar-refractivity contribution is 9.10. The number of nitrogens with zero attached hydrogens (tertiary/aromatic N) is 1. The highest BCUT2D eigenvalue weighted by Gasteiger charge is 2.07. The van der Waals surface area contributed by atoms with Crippen LogP contribution >= 0.6 is 15.9 Å². The van der Waals surface area contributed by atoms with Crippen LogP contribution in [-0.2, 0) is 6.54 Å². The standard InChI is InChI=1S/C12H16BrNO2/c1-2-5-14(6-7-15)9-10-8-11(16)3-4-12(10)13/h2-4,8,15-16H,1,5-7,9H2. The zero-order chi connectivity index (χ0) is 12.0. The van der Waals surface area contributed by atoms with Crippen LogP contribution in [0.5, 0.6) is 5.75 Å². The Bertz CT molecular complexity index is 355. The van der Waals surface area contributed by atoms with Gasteiger partial charge < -0.3 is 10.2 Å². The van der Waals surface area contributed by atoms with Crippen molar-refractivity contribution in [2.75, 3.05) is 19.7 Å². The number of rotatable bonds is 6. The van der Waals surface area contributed by atoms with Crippen molar-refractivity contribution in [3.63, 3.8) is 0 Å². The zero-order valence-electron chi connectivity index (χ0n) is 9.06. The van der Waals surface area contributed by atoms with Crippen LogP contribution in [0.15, 0.2) is 35.3 Å². The van der Waals surface area contributed by atoms with Crippen LogP contribution in [0.2, 0.25) is 0 Å². The van der Waals surface area contributed by atoms with Crippen molar-refractivity contribution in [1.82, 2.24) is 4.90 Å². The Morgan fingerprint density at radius 1 is 1.44 bits per heavy atom. The third-order valence-corrected chi connectivity index (χ3v) is 3.00. The second-order valence-electron chi connectivity index (χ2n) is 3.52. The van der Waals surface area contributed by atoms with E-state index < -0.39 is 0 Å². The molecule has 88 valence electrons. The van der Waals surface area contributed by atoms with Gasteiger partial charge in [0, 0.05) is 24.1 Å². The number of benzene rings is 1. The van der Waals surface area contributed by atoms with Crippen LogP contribution in [0.1, 0.15) is 5.56 Å². The predicted molar refractivity (Wildman–Crippen MR) is 68.4 cm³/mol. The number of hydrogen-bond acceptors (Lipinski definition) is 3. The molecule has 0 bridgehead atoms. The first-order valence-electron chi connectivity index (χ1n) is 5.09. The maximum atomic E-state index is 9.40. The SMILES string of the molecule is C=CCN(CCO)Cc1cc(O)ccc1Br. The largest absolute Gasteiger partial charge is 0.508 e. The van der Waals surface area contributed by atoms with Crippen molar-refractivity contribution >= 4 is 15.9 Å². The zero-order valence-corrected chi connectivity index (χ0v) is 10.7. The average Bonchev–Trinajstić information content (AvgIpc) is 2.24. The van der Waals surface area contributed by atoms with Gasteiger partial charge in [-0.15, -0.1) is 6.58 Å². The summed E-state index contributed by atoms with van der Waals surface area (Å²) in [6.07, 6.45) is 1.80. The first-order chi connectivity index (χ1) is 7.67. The van der Waals surface area contributed by atoms with Crippen molar-refractivity contribution in [3.8, 4) is 5.75 Å². The summed E-state index contributed by atoms with van der Waals surface area (Å²) in [5.74, 6) is 0.251. The third-order valence-electron chi connectivity index (χ3n) is 2.23. The lowest BCUT2D eigenvalue weighted by Crippen LogP contribution is -2.26. The summed E-state index contributed by atoms with van der Waals surface area (Å²) in [7, 11) is 0. The van der Waals surface area contributed by atoms with E-state index in [9.17, 15) is 5.11 Å². The van der Waals surface area contributed by atoms with Crippen molar-refractivity contribution in [2.24, 2.45) is 0 Å². The van der Waals surface area contributed by atoms with E-state index in [1.807, 2.05) is 11.0 Å². The predicted octanol–water partition coefficient (Wildman–Crippen LogP) is 2.13. The molecule has 3 nitrogen and oxygen atoms in total. The summed E-state index contributed by atoms with van der Waals surface area (Å²) in [5, 5.41) is 18.3. The minimum absolute atomic E-state index is 0.115. The molecular weight excluding hydrogens is 270 g/mol. The summed E-state index contributed by atoms with van der Waals surface area (Å²) in [6.45, 7) is 5.77. The average molecular weight is 286 g/mol. The molecule has 0 aliphatic carbocycles. The maximum Gasteiger partial charge on any atom is 0.115 e. The van der Waals surface area contributed by atoms with Gasteiger partial charge in [0.05, 0.1) is 6.61 Å². The number of phenolic OH excluding ortho intramolecular Hbond substituents is 1. The van der Waals surface area contributed by atoms with Crippen LogP contribution in [-0.4, -0.2) is 34.8 Å². The van der Waals surface area contributed by atoms with Crippen LogP contribution < -0.4 is 0 Å². The number of aliphatic hydroxyl groups excluding tert-OH is 1. The van der Waals surface area contributed by atoms with Crippen LogP contribution in [0, 0.1) is 0 Å². The Labute approximate surface area is 104 Å². The molecule has 0 saturated heterocycles. The quantitative estimate of drug-likeness (QED) is 0.787. The fourth-order valence-electron chi connectivity index (χ4n) is 1.48. The smallest absolute Gasteiger partial charge is 0.115 e. The van der Waals surface area contributed by atoms with Crippen LogP contribution in [0.4, 0.5) is 0 Å². The lowest BCUT2D eigenvalue weighted by Gasteiger charge is -2.20. The molecular formula is C12H16BrNO2. The van der Waals surface area contributed by atoms with E-state index >= 15 is 0 Å². The van der Waals surface area contributed by atoms with E-state index in [4.69, 9.17) is 5.11 Å². The van der Waals surface area contributed by atoms with Gasteiger partial charge in [-0.05, 0) is 23.8 Å². The molecule has 0 aliphatic heterocycles. The second kappa shape index (κ2) is 6.68. The summed E-state index contributed by atoms with van der Waals surface area (Å²) >= 11 is 3.44. The van der Waals surface area contributed by atoms with E-state index in [0.717, 1.165) is 10.0 Å². The highest BCUT2D eigenvalue weighted by Crippen LogP contribution is 2.22. The molecule has 1 aromatic rings. The highest BCUT2D eigenvalue weighted by atomic mass is 79.9. The lowest BCUT2D eigenvalue weighted by atomic mass is 10.2. The molecule has 0 saturated carbocycles. The minimum atomic E-state index is 0.115. The normalized spacial score (nSPS) is 10.7. The number of aromatic hydroxyl groups is 1. The Kier molecular flexibility index (Phi) is 5.52. The fraction of sp³-hybridized carbons (Fsp3) is 0.333. The number of phenols is 1. The Morgan fingerprint density at radius 3 is 2.81 bits per heavy atom. The topological polar surface area (TPSA) is 43.7 Å². The molecule has 2 N–H and O–H groups in total. The van der Waals surface area contributed by atoms with Crippen LogP contribution in [0.25, 0.3) is 0 Å². The fourth-order valence-corrected chi connectivity index (χ4v) is 1.85. The second-order valence-corrected chi connectivity index (χ2v) is 4.38. The van der Waals surface area contributed by atoms with Crippen molar-refractivity contribution in [2.45, 2.75) is 6.54 Å². The number of hydrogen-bond donors (Lipinski definition) is 2. The van der Waals surface area contributed by atoms with Crippen molar-refractivity contribution in [1.29, 1.82) is 0 Å². The maximum absolute atomic E-state index is 9.40. The van der Waals surface area contributed by atoms with E-state index in [0.29, 0.717) is 19.6 Å². The van der Waals surface area contributed by atoms with Gasteiger partial charge >= 0.3 is 0 Å². The van der Waals surface area contributed by atoms with Crippen molar-refractivity contribution in [3.05, 3.63) is 40.9 Å². The van der Waals surface area contributed by atoms with Gasteiger partial charge in [0.25, 0.3) is 0 Å². The molecule has 0 unspecified atom stereocenters. The minimum Gasteiger partial charge on any atom is -0.508 e. The summed E-state index contributed by atoms with van der Waals surface area (Å²) in [6, 6.07) is 5.17. The Balaban J connectivity index is 2.75. The van der Waals surface area contributed by atoms with Crippen LogP contribution in [0.3, 0.4) is 0 Å². The lowest BCUT2D eigenvalue weighted by molar-refractivity contribution is 0.203. The molecule has 0 spiro atoms. The number of halogens is 1. The summed E-state index contributed by atoms with van der Waals surface area (Å²) in [5.41, 5.74) is 0.996. The van der Waals surface area contributed by atoms with Gasteiger partial charge in [-0.3, -0.25) is 4.90 Å². The first-order valence-corrected chi connectivity index (χ1v) is 5.88. The van der Waals surface area contributed by atoms with Gasteiger partial charge in [0.2, 0.25) is 0 Å². The van der Waals surface area contributed by atoms with E-state index in [2.05, 4.69) is 22.5 Å². The molecule has 0 fully saturated rings.